The van der Waals surface area contributed by atoms with Gasteiger partial charge in [-0.05, 0) is 37.3 Å². The van der Waals surface area contributed by atoms with Crippen molar-refractivity contribution in [2.45, 2.75) is 45.2 Å². The zero-order valence-electron chi connectivity index (χ0n) is 11.4. The Bertz CT molecular complexity index is 547. The molecule has 3 heteroatoms. The molecule has 19 heavy (non-hydrogen) atoms. The molecular formula is C16H20N2O. The molecule has 1 aromatic heterocycles. The third kappa shape index (κ3) is 2.87. The first kappa shape index (κ1) is 12.4. The van der Waals surface area contributed by atoms with Crippen molar-refractivity contribution < 1.29 is 4.52 Å². The molecule has 0 saturated carbocycles. The van der Waals surface area contributed by atoms with E-state index in [9.17, 15) is 0 Å². The van der Waals surface area contributed by atoms with Gasteiger partial charge in [0.25, 0.3) is 0 Å². The van der Waals surface area contributed by atoms with E-state index in [1.807, 2.05) is 13.0 Å². The van der Waals surface area contributed by atoms with Gasteiger partial charge in [-0.1, -0.05) is 35.8 Å². The van der Waals surface area contributed by atoms with Crippen LogP contribution in [-0.2, 0) is 13.0 Å². The lowest BCUT2D eigenvalue weighted by Gasteiger charge is -2.18. The summed E-state index contributed by atoms with van der Waals surface area (Å²) in [4.78, 5) is 0. The van der Waals surface area contributed by atoms with E-state index in [1.165, 1.54) is 36.8 Å². The summed E-state index contributed by atoms with van der Waals surface area (Å²) < 4.78 is 5.11. The Hall–Kier alpha value is -1.61. The molecule has 0 amide bonds. The topological polar surface area (TPSA) is 38.1 Å². The fraction of sp³-hybridized carbons (Fsp3) is 0.438. The zero-order chi connectivity index (χ0) is 13.1. The van der Waals surface area contributed by atoms with Crippen molar-refractivity contribution in [3.8, 4) is 0 Å². The summed E-state index contributed by atoms with van der Waals surface area (Å²) in [6, 6.07) is 11.2. The first-order valence-corrected chi connectivity index (χ1v) is 7.06. The molecule has 0 bridgehead atoms. The van der Waals surface area contributed by atoms with Crippen LogP contribution in [-0.4, -0.2) is 5.16 Å². The smallest absolute Gasteiger partial charge is 0.133 e. The van der Waals surface area contributed by atoms with Crippen LogP contribution in [0, 0.1) is 6.92 Å². The van der Waals surface area contributed by atoms with Crippen LogP contribution in [0.25, 0.3) is 0 Å². The van der Waals surface area contributed by atoms with Gasteiger partial charge < -0.3 is 9.84 Å². The van der Waals surface area contributed by atoms with Gasteiger partial charge in [0.2, 0.25) is 0 Å². The highest BCUT2D eigenvalue weighted by Gasteiger charge is 2.17. The van der Waals surface area contributed by atoms with Gasteiger partial charge in [0.05, 0.1) is 5.69 Å². The quantitative estimate of drug-likeness (QED) is 0.854. The molecule has 3 nitrogen and oxygen atoms in total. The SMILES string of the molecule is Cc1cc(CNC2CCCCc3ccccc32)no1. The van der Waals surface area contributed by atoms with Crippen LogP contribution in [0.5, 0.6) is 0 Å². The van der Waals surface area contributed by atoms with E-state index in [1.54, 1.807) is 0 Å². The molecule has 0 radical (unpaired) electrons. The Kier molecular flexibility index (Phi) is 3.65. The number of nitrogens with one attached hydrogen (secondary N) is 1. The third-order valence-corrected chi connectivity index (χ3v) is 3.83. The van der Waals surface area contributed by atoms with Crippen molar-refractivity contribution in [3.05, 3.63) is 52.9 Å². The Labute approximate surface area is 114 Å². The number of aryl methyl sites for hydroxylation is 2. The second-order valence-corrected chi connectivity index (χ2v) is 5.31. The van der Waals surface area contributed by atoms with E-state index in [0.717, 1.165) is 18.0 Å². The standard InChI is InChI=1S/C16H20N2O/c1-12-10-14(18-19-12)11-17-16-9-5-3-7-13-6-2-4-8-15(13)16/h2,4,6,8,10,16-17H,3,5,7,9,11H2,1H3. The van der Waals surface area contributed by atoms with Crippen molar-refractivity contribution in [2.75, 3.05) is 0 Å². The lowest BCUT2D eigenvalue weighted by molar-refractivity contribution is 0.384. The van der Waals surface area contributed by atoms with E-state index < -0.39 is 0 Å². The number of aromatic nitrogens is 1. The van der Waals surface area contributed by atoms with E-state index in [2.05, 4.69) is 34.7 Å². The van der Waals surface area contributed by atoms with Crippen LogP contribution in [0.1, 0.15) is 47.9 Å². The monoisotopic (exact) mass is 256 g/mol. The highest BCUT2D eigenvalue weighted by atomic mass is 16.5. The van der Waals surface area contributed by atoms with Gasteiger partial charge in [-0.15, -0.1) is 0 Å². The molecule has 0 aliphatic heterocycles. The molecule has 0 spiro atoms. The molecule has 1 aliphatic rings. The molecule has 3 rings (SSSR count). The van der Waals surface area contributed by atoms with Crippen molar-refractivity contribution in [1.82, 2.24) is 10.5 Å². The molecule has 1 unspecified atom stereocenters. The minimum Gasteiger partial charge on any atom is -0.361 e. The largest absolute Gasteiger partial charge is 0.361 e. The molecule has 0 fully saturated rings. The van der Waals surface area contributed by atoms with Gasteiger partial charge in [0.15, 0.2) is 0 Å². The molecule has 100 valence electrons. The predicted molar refractivity (Wildman–Crippen MR) is 74.8 cm³/mol. The summed E-state index contributed by atoms with van der Waals surface area (Å²) in [6.07, 6.45) is 4.98. The number of fused-ring (bicyclic) bond motifs is 1. The number of hydrogen-bond acceptors (Lipinski definition) is 3. The summed E-state index contributed by atoms with van der Waals surface area (Å²) in [7, 11) is 0. The average Bonchev–Trinajstić information content (AvgIpc) is 2.73. The Morgan fingerprint density at radius 1 is 1.32 bits per heavy atom. The Morgan fingerprint density at radius 2 is 2.21 bits per heavy atom. The van der Waals surface area contributed by atoms with Gasteiger partial charge in [-0.2, -0.15) is 0 Å². The lowest BCUT2D eigenvalue weighted by Crippen LogP contribution is -2.21. The Morgan fingerprint density at radius 3 is 3.05 bits per heavy atom. The number of rotatable bonds is 3. The molecule has 0 saturated heterocycles. The van der Waals surface area contributed by atoms with Crippen molar-refractivity contribution in [3.63, 3.8) is 0 Å². The molecule has 1 N–H and O–H groups in total. The van der Waals surface area contributed by atoms with Gasteiger partial charge in [0, 0.05) is 18.7 Å². The molecule has 1 atom stereocenters. The van der Waals surface area contributed by atoms with Gasteiger partial charge in [-0.3, -0.25) is 0 Å². The first-order chi connectivity index (χ1) is 9.33. The lowest BCUT2D eigenvalue weighted by atomic mass is 9.99. The highest BCUT2D eigenvalue weighted by molar-refractivity contribution is 5.31. The summed E-state index contributed by atoms with van der Waals surface area (Å²) >= 11 is 0. The van der Waals surface area contributed by atoms with Crippen LogP contribution in [0.2, 0.25) is 0 Å². The molecule has 1 aromatic carbocycles. The van der Waals surface area contributed by atoms with E-state index in [-0.39, 0.29) is 0 Å². The summed E-state index contributed by atoms with van der Waals surface area (Å²) in [6.45, 7) is 2.70. The maximum Gasteiger partial charge on any atom is 0.133 e. The fourth-order valence-electron chi connectivity index (χ4n) is 2.86. The van der Waals surface area contributed by atoms with Crippen LogP contribution < -0.4 is 5.32 Å². The summed E-state index contributed by atoms with van der Waals surface area (Å²) in [5.74, 6) is 0.873. The molecular weight excluding hydrogens is 236 g/mol. The normalized spacial score (nSPS) is 18.9. The van der Waals surface area contributed by atoms with E-state index in [0.29, 0.717) is 6.04 Å². The number of benzene rings is 1. The van der Waals surface area contributed by atoms with Crippen LogP contribution in [0.15, 0.2) is 34.9 Å². The first-order valence-electron chi connectivity index (χ1n) is 7.06. The average molecular weight is 256 g/mol. The fourth-order valence-corrected chi connectivity index (χ4v) is 2.86. The second kappa shape index (κ2) is 5.57. The molecule has 1 aliphatic carbocycles. The minimum atomic E-state index is 0.440. The van der Waals surface area contributed by atoms with Gasteiger partial charge >= 0.3 is 0 Å². The number of nitrogens with zero attached hydrogens (tertiary/aromatic N) is 1. The zero-order valence-corrected chi connectivity index (χ0v) is 11.4. The maximum atomic E-state index is 5.11. The van der Waals surface area contributed by atoms with E-state index in [4.69, 9.17) is 4.52 Å². The predicted octanol–water partition coefficient (Wildman–Crippen LogP) is 3.54. The van der Waals surface area contributed by atoms with Crippen molar-refractivity contribution in [2.24, 2.45) is 0 Å². The second-order valence-electron chi connectivity index (χ2n) is 5.31. The van der Waals surface area contributed by atoms with Crippen LogP contribution in [0.3, 0.4) is 0 Å². The van der Waals surface area contributed by atoms with Crippen molar-refractivity contribution in [1.29, 1.82) is 0 Å². The van der Waals surface area contributed by atoms with E-state index >= 15 is 0 Å². The third-order valence-electron chi connectivity index (χ3n) is 3.83. The van der Waals surface area contributed by atoms with Crippen molar-refractivity contribution >= 4 is 0 Å². The Balaban J connectivity index is 1.73. The molecule has 2 aromatic rings. The minimum absolute atomic E-state index is 0.440. The van der Waals surface area contributed by atoms with Gasteiger partial charge in [0.1, 0.15) is 5.76 Å². The highest BCUT2D eigenvalue weighted by Crippen LogP contribution is 2.28. The summed E-state index contributed by atoms with van der Waals surface area (Å²) in [5.41, 5.74) is 3.94. The van der Waals surface area contributed by atoms with Crippen LogP contribution >= 0.6 is 0 Å². The van der Waals surface area contributed by atoms with Gasteiger partial charge in [-0.25, -0.2) is 0 Å². The maximum absolute atomic E-state index is 5.11. The van der Waals surface area contributed by atoms with Crippen LogP contribution in [0.4, 0.5) is 0 Å². The molecule has 1 heterocycles. The number of hydrogen-bond donors (Lipinski definition) is 1. The summed E-state index contributed by atoms with van der Waals surface area (Å²) in [5, 5.41) is 7.67.